The van der Waals surface area contributed by atoms with Gasteiger partial charge in [0.05, 0.1) is 7.85 Å². The predicted octanol–water partition coefficient (Wildman–Crippen LogP) is 1.73. The Hall–Kier alpha value is -0.0451. The van der Waals surface area contributed by atoms with Gasteiger partial charge in [-0.2, -0.15) is 0 Å². The summed E-state index contributed by atoms with van der Waals surface area (Å²) in [6.45, 7) is 5.48. The van der Waals surface area contributed by atoms with Crippen LogP contribution in [0.3, 0.4) is 0 Å². The lowest BCUT2D eigenvalue weighted by Gasteiger charge is -2.07. The quantitative estimate of drug-likeness (QED) is 0.263. The third-order valence-electron chi connectivity index (χ3n) is 0.971. The molecule has 0 amide bonds. The van der Waals surface area contributed by atoms with E-state index in [1.165, 1.54) is 0 Å². The molecule has 44 valence electrons. The fourth-order valence-electron chi connectivity index (χ4n) is 0.295. The smallest absolute Gasteiger partial charge is 0.101 e. The standard InChI is InChI=1S/C5H9BOS/c1-3-5(6)4(2)7-8/h5,8H,2-3H2,1H3/t5-/m0/s1. The van der Waals surface area contributed by atoms with Gasteiger partial charge in [-0.15, -0.1) is 0 Å². The first kappa shape index (κ1) is 7.95. The maximum absolute atomic E-state index is 5.45. The summed E-state index contributed by atoms with van der Waals surface area (Å²) in [5, 5.41) is 0. The Balaban J connectivity index is 3.46. The molecule has 3 heteroatoms. The summed E-state index contributed by atoms with van der Waals surface area (Å²) in [4.78, 5) is 0. The molecule has 0 unspecified atom stereocenters. The van der Waals surface area contributed by atoms with Crippen molar-refractivity contribution in [2.75, 3.05) is 0 Å². The van der Waals surface area contributed by atoms with E-state index < -0.39 is 0 Å². The van der Waals surface area contributed by atoms with Crippen molar-refractivity contribution in [1.82, 2.24) is 0 Å². The minimum Gasteiger partial charge on any atom is -0.434 e. The Kier molecular flexibility index (Phi) is 3.88. The molecule has 0 aromatic heterocycles. The van der Waals surface area contributed by atoms with Crippen LogP contribution in [0.5, 0.6) is 0 Å². The molecule has 0 aromatic rings. The van der Waals surface area contributed by atoms with Gasteiger partial charge in [0.2, 0.25) is 0 Å². The summed E-state index contributed by atoms with van der Waals surface area (Å²) in [5.74, 6) is 0.448. The van der Waals surface area contributed by atoms with Crippen molar-refractivity contribution >= 4 is 20.8 Å². The highest BCUT2D eigenvalue weighted by molar-refractivity contribution is 7.75. The molecule has 8 heavy (non-hydrogen) atoms. The highest BCUT2D eigenvalue weighted by Crippen LogP contribution is 2.16. The minimum atomic E-state index is -0.0764. The second kappa shape index (κ2) is 3.90. The molecule has 0 aliphatic carbocycles. The van der Waals surface area contributed by atoms with Crippen molar-refractivity contribution in [1.29, 1.82) is 0 Å². The molecule has 1 atom stereocenters. The summed E-state index contributed by atoms with van der Waals surface area (Å²) in [6, 6.07) is 0. The Labute approximate surface area is 57.1 Å². The molecule has 0 bridgehead atoms. The van der Waals surface area contributed by atoms with E-state index in [2.05, 4.69) is 23.7 Å². The fraction of sp³-hybridized carbons (Fsp3) is 0.600. The lowest BCUT2D eigenvalue weighted by molar-refractivity contribution is 0.478. The number of thiol groups is 1. The molecule has 1 nitrogen and oxygen atoms in total. The molecular weight excluding hydrogens is 119 g/mol. The van der Waals surface area contributed by atoms with Crippen molar-refractivity contribution in [3.05, 3.63) is 12.3 Å². The van der Waals surface area contributed by atoms with Crippen LogP contribution in [0, 0.1) is 0 Å². The summed E-state index contributed by atoms with van der Waals surface area (Å²) in [6.07, 6.45) is 0.833. The number of hydrogen-bond acceptors (Lipinski definition) is 2. The van der Waals surface area contributed by atoms with Crippen LogP contribution in [0.1, 0.15) is 13.3 Å². The summed E-state index contributed by atoms with van der Waals surface area (Å²) in [7, 11) is 5.45. The van der Waals surface area contributed by atoms with Gasteiger partial charge in [-0.25, -0.2) is 0 Å². The van der Waals surface area contributed by atoms with Gasteiger partial charge in [-0.1, -0.05) is 19.9 Å². The second-order valence-electron chi connectivity index (χ2n) is 1.57. The van der Waals surface area contributed by atoms with Gasteiger partial charge in [0.25, 0.3) is 0 Å². The van der Waals surface area contributed by atoms with Crippen molar-refractivity contribution in [3.8, 4) is 0 Å². The average molecular weight is 128 g/mol. The van der Waals surface area contributed by atoms with Crippen LogP contribution in [-0.2, 0) is 4.18 Å². The number of rotatable bonds is 3. The minimum absolute atomic E-state index is 0.0764. The van der Waals surface area contributed by atoms with Gasteiger partial charge in [0.15, 0.2) is 0 Å². The molecule has 0 saturated carbocycles. The first-order valence-electron chi connectivity index (χ1n) is 2.48. The second-order valence-corrected chi connectivity index (χ2v) is 1.75. The van der Waals surface area contributed by atoms with E-state index in [0.717, 1.165) is 6.42 Å². The zero-order valence-corrected chi connectivity index (χ0v) is 5.82. The maximum atomic E-state index is 5.45. The normalized spacial score (nSPS) is 12.8. The zero-order chi connectivity index (χ0) is 6.57. The van der Waals surface area contributed by atoms with E-state index in [-0.39, 0.29) is 5.82 Å². The molecule has 0 aromatic carbocycles. The van der Waals surface area contributed by atoms with Gasteiger partial charge in [-0.3, -0.25) is 0 Å². The van der Waals surface area contributed by atoms with E-state index in [1.807, 2.05) is 6.92 Å². The molecule has 0 spiro atoms. The number of hydrogen-bond donors (Lipinski definition) is 1. The van der Waals surface area contributed by atoms with Crippen LogP contribution in [0.25, 0.3) is 0 Å². The van der Waals surface area contributed by atoms with Crippen molar-refractivity contribution in [2.24, 2.45) is 0 Å². The molecular formula is C5H9BOS. The fourth-order valence-corrected chi connectivity index (χ4v) is 0.431. The Morgan fingerprint density at radius 1 is 2.00 bits per heavy atom. The van der Waals surface area contributed by atoms with E-state index in [1.54, 1.807) is 0 Å². The van der Waals surface area contributed by atoms with Crippen LogP contribution < -0.4 is 0 Å². The molecule has 2 radical (unpaired) electrons. The van der Waals surface area contributed by atoms with E-state index >= 15 is 0 Å². The lowest BCUT2D eigenvalue weighted by Crippen LogP contribution is -1.92. The summed E-state index contributed by atoms with van der Waals surface area (Å²) >= 11 is 3.53. The maximum Gasteiger partial charge on any atom is 0.101 e. The third-order valence-corrected chi connectivity index (χ3v) is 1.21. The average Bonchev–Trinajstić information content (AvgIpc) is 1.84. The van der Waals surface area contributed by atoms with Gasteiger partial charge in [0, 0.05) is 12.9 Å². The van der Waals surface area contributed by atoms with Crippen molar-refractivity contribution < 1.29 is 4.18 Å². The lowest BCUT2D eigenvalue weighted by atomic mass is 9.84. The molecule has 0 N–H and O–H groups in total. The molecule has 0 rings (SSSR count). The molecule has 0 saturated heterocycles. The monoisotopic (exact) mass is 128 g/mol. The van der Waals surface area contributed by atoms with Gasteiger partial charge in [-0.05, 0) is 5.82 Å². The van der Waals surface area contributed by atoms with E-state index in [9.17, 15) is 0 Å². The first-order chi connectivity index (χ1) is 3.72. The van der Waals surface area contributed by atoms with Crippen LogP contribution in [0.4, 0.5) is 0 Å². The Morgan fingerprint density at radius 3 is 2.62 bits per heavy atom. The molecule has 0 fully saturated rings. The van der Waals surface area contributed by atoms with Crippen molar-refractivity contribution in [2.45, 2.75) is 19.2 Å². The third kappa shape index (κ3) is 2.31. The Bertz CT molecular complexity index is 84.5. The van der Waals surface area contributed by atoms with Crippen LogP contribution in [0.2, 0.25) is 5.82 Å². The van der Waals surface area contributed by atoms with Gasteiger partial charge in [0.1, 0.15) is 5.76 Å². The van der Waals surface area contributed by atoms with Gasteiger partial charge >= 0.3 is 0 Å². The summed E-state index contributed by atoms with van der Waals surface area (Å²) < 4.78 is 4.48. The first-order valence-corrected chi connectivity index (χ1v) is 2.84. The largest absolute Gasteiger partial charge is 0.434 e. The summed E-state index contributed by atoms with van der Waals surface area (Å²) in [5.41, 5.74) is 0. The number of allylic oxidation sites excluding steroid dienone is 1. The SMILES string of the molecule is [B][C@@H](CC)C(=C)OS. The highest BCUT2D eigenvalue weighted by Gasteiger charge is 2.01. The molecule has 0 aliphatic rings. The van der Waals surface area contributed by atoms with E-state index in [4.69, 9.17) is 7.85 Å². The van der Waals surface area contributed by atoms with Crippen LogP contribution in [0.15, 0.2) is 12.3 Å². The zero-order valence-electron chi connectivity index (χ0n) is 4.92. The van der Waals surface area contributed by atoms with Gasteiger partial charge < -0.3 is 4.18 Å². The topological polar surface area (TPSA) is 9.23 Å². The predicted molar refractivity (Wildman–Crippen MR) is 39.0 cm³/mol. The van der Waals surface area contributed by atoms with Crippen LogP contribution in [-0.4, -0.2) is 7.85 Å². The van der Waals surface area contributed by atoms with Crippen LogP contribution >= 0.6 is 12.9 Å². The molecule has 0 heterocycles. The Morgan fingerprint density at radius 2 is 2.50 bits per heavy atom. The molecule has 0 aliphatic heterocycles. The van der Waals surface area contributed by atoms with Crippen molar-refractivity contribution in [3.63, 3.8) is 0 Å². The highest BCUT2D eigenvalue weighted by atomic mass is 32.1. The van der Waals surface area contributed by atoms with E-state index in [0.29, 0.717) is 5.76 Å².